The monoisotopic (exact) mass is 284 g/mol. The van der Waals surface area contributed by atoms with E-state index in [9.17, 15) is 0 Å². The molecule has 1 N–H and O–H groups in total. The normalized spacial score (nSPS) is 11.0. The number of rotatable bonds is 5. The van der Waals surface area contributed by atoms with Crippen molar-refractivity contribution >= 4 is 0 Å². The van der Waals surface area contributed by atoms with Crippen LogP contribution in [0.3, 0.4) is 0 Å². The van der Waals surface area contributed by atoms with E-state index in [1.807, 2.05) is 19.2 Å². The standard InChI is InChI=1S/C18H24N2O/c1-12(2)19-10-16-11-20-15(5)9-18(16)21-17-7-13(3)6-14(4)8-17/h6-9,11-12,19H,10H2,1-5H3. The van der Waals surface area contributed by atoms with E-state index < -0.39 is 0 Å². The van der Waals surface area contributed by atoms with E-state index >= 15 is 0 Å². The van der Waals surface area contributed by atoms with Crippen LogP contribution in [0.5, 0.6) is 11.5 Å². The van der Waals surface area contributed by atoms with Gasteiger partial charge in [-0.25, -0.2) is 0 Å². The van der Waals surface area contributed by atoms with Crippen LogP contribution < -0.4 is 10.1 Å². The Bertz CT molecular complexity index is 600. The van der Waals surface area contributed by atoms with Gasteiger partial charge in [0.25, 0.3) is 0 Å². The summed E-state index contributed by atoms with van der Waals surface area (Å²) in [5, 5.41) is 3.41. The first-order chi connectivity index (χ1) is 9.94. The number of nitrogens with one attached hydrogen (secondary N) is 1. The molecule has 0 saturated heterocycles. The summed E-state index contributed by atoms with van der Waals surface area (Å²) in [5.74, 6) is 1.75. The molecule has 1 aromatic carbocycles. The molecule has 0 aliphatic carbocycles. The molecule has 0 saturated carbocycles. The molecule has 0 atom stereocenters. The number of aromatic nitrogens is 1. The van der Waals surface area contributed by atoms with Crippen molar-refractivity contribution in [1.82, 2.24) is 10.3 Å². The smallest absolute Gasteiger partial charge is 0.135 e. The van der Waals surface area contributed by atoms with E-state index in [1.54, 1.807) is 0 Å². The van der Waals surface area contributed by atoms with Gasteiger partial charge in [-0.3, -0.25) is 4.98 Å². The summed E-state index contributed by atoms with van der Waals surface area (Å²) in [5.41, 5.74) is 4.45. The molecule has 0 bridgehead atoms. The summed E-state index contributed by atoms with van der Waals surface area (Å²) in [6.07, 6.45) is 1.89. The van der Waals surface area contributed by atoms with Gasteiger partial charge in [0.15, 0.2) is 0 Å². The second-order valence-corrected chi connectivity index (χ2v) is 5.89. The quantitative estimate of drug-likeness (QED) is 0.889. The maximum Gasteiger partial charge on any atom is 0.135 e. The minimum Gasteiger partial charge on any atom is -0.457 e. The van der Waals surface area contributed by atoms with Crippen molar-refractivity contribution in [2.75, 3.05) is 0 Å². The van der Waals surface area contributed by atoms with Gasteiger partial charge in [0.05, 0.1) is 0 Å². The fourth-order valence-corrected chi connectivity index (χ4v) is 2.22. The highest BCUT2D eigenvalue weighted by molar-refractivity contribution is 5.40. The Morgan fingerprint density at radius 3 is 2.33 bits per heavy atom. The van der Waals surface area contributed by atoms with Crippen LogP contribution in [0.25, 0.3) is 0 Å². The van der Waals surface area contributed by atoms with E-state index in [0.29, 0.717) is 6.04 Å². The van der Waals surface area contributed by atoms with Crippen molar-refractivity contribution in [2.45, 2.75) is 47.2 Å². The van der Waals surface area contributed by atoms with E-state index in [2.05, 4.69) is 56.2 Å². The number of aryl methyl sites for hydroxylation is 3. The number of benzene rings is 1. The minimum absolute atomic E-state index is 0.431. The molecular weight excluding hydrogens is 260 g/mol. The predicted octanol–water partition coefficient (Wildman–Crippen LogP) is 4.30. The van der Waals surface area contributed by atoms with Crippen molar-refractivity contribution in [3.05, 3.63) is 52.8 Å². The molecule has 0 unspecified atom stereocenters. The zero-order chi connectivity index (χ0) is 15.4. The Morgan fingerprint density at radius 2 is 1.71 bits per heavy atom. The van der Waals surface area contributed by atoms with Gasteiger partial charge in [-0.2, -0.15) is 0 Å². The predicted molar refractivity (Wildman–Crippen MR) is 86.9 cm³/mol. The van der Waals surface area contributed by atoms with E-state index in [-0.39, 0.29) is 0 Å². The largest absolute Gasteiger partial charge is 0.457 e. The average molecular weight is 284 g/mol. The van der Waals surface area contributed by atoms with Gasteiger partial charge >= 0.3 is 0 Å². The number of nitrogens with zero attached hydrogens (tertiary/aromatic N) is 1. The minimum atomic E-state index is 0.431. The SMILES string of the molecule is Cc1cc(C)cc(Oc2cc(C)ncc2CNC(C)C)c1. The highest BCUT2D eigenvalue weighted by Crippen LogP contribution is 2.27. The molecule has 0 aliphatic heterocycles. The molecule has 1 heterocycles. The van der Waals surface area contributed by atoms with Crippen LogP contribution in [0.4, 0.5) is 0 Å². The molecule has 3 heteroatoms. The Hall–Kier alpha value is -1.87. The van der Waals surface area contributed by atoms with Crippen LogP contribution in [0, 0.1) is 20.8 Å². The first-order valence-electron chi connectivity index (χ1n) is 7.39. The first kappa shape index (κ1) is 15.5. The van der Waals surface area contributed by atoms with Crippen LogP contribution in [0.2, 0.25) is 0 Å². The van der Waals surface area contributed by atoms with Crippen molar-refractivity contribution in [3.63, 3.8) is 0 Å². The second-order valence-electron chi connectivity index (χ2n) is 5.89. The molecule has 2 rings (SSSR count). The van der Waals surface area contributed by atoms with Gasteiger partial charge in [-0.05, 0) is 44.0 Å². The number of hydrogen-bond acceptors (Lipinski definition) is 3. The highest BCUT2D eigenvalue weighted by Gasteiger charge is 2.08. The van der Waals surface area contributed by atoms with E-state index in [1.165, 1.54) is 11.1 Å². The van der Waals surface area contributed by atoms with Crippen LogP contribution in [-0.2, 0) is 6.54 Å². The average Bonchev–Trinajstić information content (AvgIpc) is 2.36. The molecule has 3 nitrogen and oxygen atoms in total. The molecule has 0 fully saturated rings. The number of pyridine rings is 1. The Kier molecular flexibility index (Phi) is 4.97. The topological polar surface area (TPSA) is 34.1 Å². The maximum atomic E-state index is 6.10. The third kappa shape index (κ3) is 4.57. The summed E-state index contributed by atoms with van der Waals surface area (Å²) in [6, 6.07) is 8.69. The van der Waals surface area contributed by atoms with Crippen molar-refractivity contribution in [1.29, 1.82) is 0 Å². The zero-order valence-corrected chi connectivity index (χ0v) is 13.5. The van der Waals surface area contributed by atoms with E-state index in [0.717, 1.165) is 29.3 Å². The van der Waals surface area contributed by atoms with Gasteiger partial charge in [0, 0.05) is 36.1 Å². The van der Waals surface area contributed by atoms with Gasteiger partial charge in [0.1, 0.15) is 11.5 Å². The van der Waals surface area contributed by atoms with Crippen molar-refractivity contribution in [2.24, 2.45) is 0 Å². The third-order valence-electron chi connectivity index (χ3n) is 3.20. The van der Waals surface area contributed by atoms with Gasteiger partial charge < -0.3 is 10.1 Å². The maximum absolute atomic E-state index is 6.10. The molecule has 0 amide bonds. The molecule has 1 aromatic heterocycles. The van der Waals surface area contributed by atoms with Gasteiger partial charge in [0.2, 0.25) is 0 Å². The Labute approximate surface area is 127 Å². The molecule has 112 valence electrons. The number of hydrogen-bond donors (Lipinski definition) is 1. The van der Waals surface area contributed by atoms with Gasteiger partial charge in [-0.15, -0.1) is 0 Å². The molecule has 0 spiro atoms. The Morgan fingerprint density at radius 1 is 1.05 bits per heavy atom. The second kappa shape index (κ2) is 6.72. The van der Waals surface area contributed by atoms with Crippen LogP contribution in [0.15, 0.2) is 30.5 Å². The fourth-order valence-electron chi connectivity index (χ4n) is 2.22. The lowest BCUT2D eigenvalue weighted by Crippen LogP contribution is -2.22. The molecule has 21 heavy (non-hydrogen) atoms. The van der Waals surface area contributed by atoms with Crippen molar-refractivity contribution < 1.29 is 4.74 Å². The molecule has 0 radical (unpaired) electrons. The summed E-state index contributed by atoms with van der Waals surface area (Å²) < 4.78 is 6.10. The molecular formula is C18H24N2O. The summed E-state index contributed by atoms with van der Waals surface area (Å²) >= 11 is 0. The lowest BCUT2D eigenvalue weighted by atomic mass is 10.1. The summed E-state index contributed by atoms with van der Waals surface area (Å²) in [4.78, 5) is 4.37. The van der Waals surface area contributed by atoms with Crippen LogP contribution in [-0.4, -0.2) is 11.0 Å². The van der Waals surface area contributed by atoms with Crippen molar-refractivity contribution in [3.8, 4) is 11.5 Å². The molecule has 0 aliphatic rings. The van der Waals surface area contributed by atoms with Gasteiger partial charge in [-0.1, -0.05) is 19.9 Å². The van der Waals surface area contributed by atoms with E-state index in [4.69, 9.17) is 4.74 Å². The molecule has 2 aromatic rings. The zero-order valence-electron chi connectivity index (χ0n) is 13.5. The lowest BCUT2D eigenvalue weighted by molar-refractivity contribution is 0.467. The Balaban J connectivity index is 2.26. The summed E-state index contributed by atoms with van der Waals surface area (Å²) in [6.45, 7) is 11.2. The lowest BCUT2D eigenvalue weighted by Gasteiger charge is -2.14. The third-order valence-corrected chi connectivity index (χ3v) is 3.20. The fraction of sp³-hybridized carbons (Fsp3) is 0.389. The first-order valence-corrected chi connectivity index (χ1v) is 7.39. The van der Waals surface area contributed by atoms with Crippen LogP contribution in [0.1, 0.15) is 36.2 Å². The highest BCUT2D eigenvalue weighted by atomic mass is 16.5. The van der Waals surface area contributed by atoms with Crippen LogP contribution >= 0.6 is 0 Å². The number of ether oxygens (including phenoxy) is 1. The summed E-state index contributed by atoms with van der Waals surface area (Å²) in [7, 11) is 0.